The first-order valence-electron chi connectivity index (χ1n) is 9.60. The van der Waals surface area contributed by atoms with Gasteiger partial charge in [0.15, 0.2) is 0 Å². The molecule has 1 N–H and O–H groups in total. The Morgan fingerprint density at radius 1 is 0.960 bits per heavy atom. The van der Waals surface area contributed by atoms with Crippen LogP contribution in [0.15, 0.2) is 48.7 Å². The van der Waals surface area contributed by atoms with Gasteiger partial charge in [-0.05, 0) is 36.6 Å². The summed E-state index contributed by atoms with van der Waals surface area (Å²) in [5, 5.41) is 3.40. The number of aromatic nitrogens is 1. The zero-order valence-electron chi connectivity index (χ0n) is 14.9. The van der Waals surface area contributed by atoms with Crippen molar-refractivity contribution in [2.24, 2.45) is 0 Å². The molecule has 2 aliphatic rings. The Morgan fingerprint density at radius 3 is 2.56 bits per heavy atom. The number of benzene rings is 1. The molecule has 1 aromatic heterocycles. The van der Waals surface area contributed by atoms with Gasteiger partial charge in [0.1, 0.15) is 5.82 Å². The van der Waals surface area contributed by atoms with Crippen LogP contribution in [0.4, 0.5) is 5.82 Å². The van der Waals surface area contributed by atoms with E-state index < -0.39 is 0 Å². The quantitative estimate of drug-likeness (QED) is 0.929. The lowest BCUT2D eigenvalue weighted by Gasteiger charge is -2.36. The lowest BCUT2D eigenvalue weighted by atomic mass is 9.95. The predicted octanol–water partition coefficient (Wildman–Crippen LogP) is 3.22. The minimum atomic E-state index is 0.499. The number of nitrogens with one attached hydrogen (secondary N) is 1. The molecule has 4 heteroatoms. The molecule has 1 atom stereocenters. The van der Waals surface area contributed by atoms with Gasteiger partial charge >= 0.3 is 0 Å². The van der Waals surface area contributed by atoms with E-state index in [9.17, 15) is 0 Å². The summed E-state index contributed by atoms with van der Waals surface area (Å²) in [6.07, 6.45) is 5.97. The van der Waals surface area contributed by atoms with Gasteiger partial charge in [0, 0.05) is 45.0 Å². The Balaban J connectivity index is 1.48. The van der Waals surface area contributed by atoms with E-state index in [1.165, 1.54) is 36.9 Å². The minimum Gasteiger partial charge on any atom is -0.354 e. The average molecular weight is 336 g/mol. The molecule has 0 spiro atoms. The number of pyridine rings is 1. The van der Waals surface area contributed by atoms with Crippen LogP contribution in [0.5, 0.6) is 0 Å². The Bertz CT molecular complexity index is 649. The highest BCUT2D eigenvalue weighted by molar-refractivity contribution is 5.40. The molecule has 0 radical (unpaired) electrons. The Hall–Kier alpha value is -1.91. The number of hydrogen-bond donors (Lipinski definition) is 1. The first-order valence-corrected chi connectivity index (χ1v) is 9.60. The van der Waals surface area contributed by atoms with Crippen LogP contribution in [0.1, 0.15) is 36.4 Å². The van der Waals surface area contributed by atoms with E-state index in [2.05, 4.69) is 63.8 Å². The van der Waals surface area contributed by atoms with E-state index in [-0.39, 0.29) is 0 Å². The number of piperazine rings is 1. The van der Waals surface area contributed by atoms with Crippen LogP contribution in [0.3, 0.4) is 0 Å². The van der Waals surface area contributed by atoms with Crippen molar-refractivity contribution in [2.45, 2.75) is 31.8 Å². The monoisotopic (exact) mass is 336 g/mol. The standard InChI is InChI=1S/C21H28N4/c1-2-6-18(7-3-1)17-25-13-5-4-8-20(25)19-9-10-21(23-16-19)24-14-11-22-12-15-24/h1-3,6-7,9-10,16,20,22H,4-5,8,11-15,17H2/t20-/m0/s1. The lowest BCUT2D eigenvalue weighted by molar-refractivity contribution is 0.140. The van der Waals surface area contributed by atoms with E-state index in [1.807, 2.05) is 0 Å². The molecule has 132 valence electrons. The van der Waals surface area contributed by atoms with E-state index in [1.54, 1.807) is 0 Å². The molecular formula is C21H28N4. The van der Waals surface area contributed by atoms with Crippen LogP contribution >= 0.6 is 0 Å². The van der Waals surface area contributed by atoms with Crippen LogP contribution in [-0.2, 0) is 6.54 Å². The first-order chi connectivity index (χ1) is 12.4. The topological polar surface area (TPSA) is 31.4 Å². The maximum atomic E-state index is 4.79. The Kier molecular flexibility index (Phi) is 5.28. The second-order valence-corrected chi connectivity index (χ2v) is 7.15. The molecule has 2 saturated heterocycles. The third-order valence-corrected chi connectivity index (χ3v) is 5.44. The molecule has 4 nitrogen and oxygen atoms in total. The van der Waals surface area contributed by atoms with Crippen LogP contribution in [0.25, 0.3) is 0 Å². The molecule has 0 bridgehead atoms. The van der Waals surface area contributed by atoms with Crippen molar-refractivity contribution in [2.75, 3.05) is 37.6 Å². The molecular weight excluding hydrogens is 308 g/mol. The molecule has 0 unspecified atom stereocenters. The van der Waals surface area contributed by atoms with Crippen molar-refractivity contribution < 1.29 is 0 Å². The van der Waals surface area contributed by atoms with E-state index in [4.69, 9.17) is 4.98 Å². The van der Waals surface area contributed by atoms with Gasteiger partial charge in [-0.15, -0.1) is 0 Å². The summed E-state index contributed by atoms with van der Waals surface area (Å²) in [4.78, 5) is 9.79. The summed E-state index contributed by atoms with van der Waals surface area (Å²) in [6.45, 7) is 6.42. The lowest BCUT2D eigenvalue weighted by Crippen LogP contribution is -2.43. The second kappa shape index (κ2) is 7.98. The van der Waals surface area contributed by atoms with Crippen molar-refractivity contribution in [3.8, 4) is 0 Å². The van der Waals surface area contributed by atoms with Crippen LogP contribution in [-0.4, -0.2) is 42.6 Å². The fourth-order valence-corrected chi connectivity index (χ4v) is 4.05. The maximum Gasteiger partial charge on any atom is 0.128 e. The number of hydrogen-bond acceptors (Lipinski definition) is 4. The molecule has 0 aliphatic carbocycles. The van der Waals surface area contributed by atoms with Crippen molar-refractivity contribution in [3.63, 3.8) is 0 Å². The SMILES string of the molecule is c1ccc(CN2CCCC[C@H]2c2ccc(N3CCNCC3)nc2)cc1. The third-order valence-electron chi connectivity index (χ3n) is 5.44. The molecule has 2 aromatic rings. The summed E-state index contributed by atoms with van der Waals surface area (Å²) in [6, 6.07) is 15.9. The predicted molar refractivity (Wildman–Crippen MR) is 103 cm³/mol. The van der Waals surface area contributed by atoms with E-state index >= 15 is 0 Å². The van der Waals surface area contributed by atoms with Gasteiger partial charge in [-0.25, -0.2) is 4.98 Å². The third kappa shape index (κ3) is 4.02. The highest BCUT2D eigenvalue weighted by Gasteiger charge is 2.24. The molecule has 25 heavy (non-hydrogen) atoms. The number of nitrogens with zero attached hydrogens (tertiary/aromatic N) is 3. The fraction of sp³-hybridized carbons (Fsp3) is 0.476. The fourth-order valence-electron chi connectivity index (χ4n) is 4.05. The number of rotatable bonds is 4. The maximum absolute atomic E-state index is 4.79. The molecule has 0 saturated carbocycles. The van der Waals surface area contributed by atoms with E-state index in [0.29, 0.717) is 6.04 Å². The largest absolute Gasteiger partial charge is 0.354 e. The average Bonchev–Trinajstić information content (AvgIpc) is 2.70. The second-order valence-electron chi connectivity index (χ2n) is 7.15. The van der Waals surface area contributed by atoms with Gasteiger partial charge in [0.05, 0.1) is 0 Å². The molecule has 2 aliphatic heterocycles. The number of likely N-dealkylation sites (tertiary alicyclic amines) is 1. The first kappa shape index (κ1) is 16.6. The van der Waals surface area contributed by atoms with Gasteiger partial charge in [-0.2, -0.15) is 0 Å². The molecule has 3 heterocycles. The normalized spacial score (nSPS) is 22.1. The van der Waals surface area contributed by atoms with Crippen molar-refractivity contribution >= 4 is 5.82 Å². The van der Waals surface area contributed by atoms with Gasteiger partial charge in [0.25, 0.3) is 0 Å². The summed E-state index contributed by atoms with van der Waals surface area (Å²) in [5.41, 5.74) is 2.77. The zero-order chi connectivity index (χ0) is 16.9. The molecule has 0 amide bonds. The number of piperidine rings is 1. The van der Waals surface area contributed by atoms with Crippen LogP contribution < -0.4 is 10.2 Å². The Morgan fingerprint density at radius 2 is 1.80 bits per heavy atom. The Labute approximate surface area is 150 Å². The highest BCUT2D eigenvalue weighted by atomic mass is 15.2. The molecule has 2 fully saturated rings. The summed E-state index contributed by atoms with van der Waals surface area (Å²) in [5.74, 6) is 1.12. The van der Waals surface area contributed by atoms with Crippen molar-refractivity contribution in [1.82, 2.24) is 15.2 Å². The summed E-state index contributed by atoms with van der Waals surface area (Å²) >= 11 is 0. The molecule has 1 aromatic carbocycles. The summed E-state index contributed by atoms with van der Waals surface area (Å²) in [7, 11) is 0. The smallest absolute Gasteiger partial charge is 0.128 e. The summed E-state index contributed by atoms with van der Waals surface area (Å²) < 4.78 is 0. The van der Waals surface area contributed by atoms with Crippen LogP contribution in [0.2, 0.25) is 0 Å². The van der Waals surface area contributed by atoms with Gasteiger partial charge in [-0.3, -0.25) is 4.90 Å². The van der Waals surface area contributed by atoms with Gasteiger partial charge < -0.3 is 10.2 Å². The van der Waals surface area contributed by atoms with E-state index in [0.717, 1.165) is 38.5 Å². The zero-order valence-corrected chi connectivity index (χ0v) is 14.9. The van der Waals surface area contributed by atoms with Gasteiger partial charge in [0.2, 0.25) is 0 Å². The highest BCUT2D eigenvalue weighted by Crippen LogP contribution is 2.32. The molecule has 4 rings (SSSR count). The van der Waals surface area contributed by atoms with Gasteiger partial charge in [-0.1, -0.05) is 42.8 Å². The van der Waals surface area contributed by atoms with Crippen LogP contribution in [0, 0.1) is 0 Å². The number of anilines is 1. The van der Waals surface area contributed by atoms with Crippen molar-refractivity contribution in [1.29, 1.82) is 0 Å². The van der Waals surface area contributed by atoms with Crippen molar-refractivity contribution in [3.05, 3.63) is 59.8 Å². The minimum absolute atomic E-state index is 0.499.